The van der Waals surface area contributed by atoms with Crippen LogP contribution in [-0.2, 0) is 0 Å². The van der Waals surface area contributed by atoms with Gasteiger partial charge in [-0.1, -0.05) is 0 Å². The number of rotatable bonds is 1. The van der Waals surface area contributed by atoms with Gasteiger partial charge < -0.3 is 0 Å². The molecule has 1 unspecified atom stereocenters. The van der Waals surface area contributed by atoms with Crippen LogP contribution in [0.3, 0.4) is 0 Å². The maximum absolute atomic E-state index is 5.16. The Hall–Kier alpha value is 0.580. The fourth-order valence-electron chi connectivity index (χ4n) is 0. The Kier molecular flexibility index (Phi) is 3.12. The van der Waals surface area contributed by atoms with Crippen LogP contribution in [0.25, 0.3) is 0 Å². The SMILES string of the molecule is [CH2]C(Cl)[CH]Cl. The molecule has 0 aromatic heterocycles. The minimum absolute atomic E-state index is 0.253. The number of hydrogen-bond acceptors (Lipinski definition) is 0. The highest BCUT2D eigenvalue weighted by atomic mass is 35.5. The summed E-state index contributed by atoms with van der Waals surface area (Å²) in [7, 11) is 0. The van der Waals surface area contributed by atoms with E-state index in [2.05, 4.69) is 6.92 Å². The van der Waals surface area contributed by atoms with Crippen molar-refractivity contribution in [2.45, 2.75) is 5.38 Å². The van der Waals surface area contributed by atoms with Crippen molar-refractivity contribution in [1.82, 2.24) is 0 Å². The van der Waals surface area contributed by atoms with Gasteiger partial charge in [-0.15, -0.1) is 23.2 Å². The van der Waals surface area contributed by atoms with Crippen molar-refractivity contribution < 1.29 is 0 Å². The van der Waals surface area contributed by atoms with Crippen LogP contribution in [0.4, 0.5) is 0 Å². The minimum Gasteiger partial charge on any atom is -0.121 e. The average Bonchev–Trinajstić information content (AvgIpc) is 1.38. The lowest BCUT2D eigenvalue weighted by Gasteiger charge is -1.84. The summed E-state index contributed by atoms with van der Waals surface area (Å²) in [5, 5.41) is -0.253. The van der Waals surface area contributed by atoms with Gasteiger partial charge in [0.15, 0.2) is 0 Å². The minimum atomic E-state index is -0.253. The van der Waals surface area contributed by atoms with Gasteiger partial charge in [0.05, 0.1) is 11.3 Å². The van der Waals surface area contributed by atoms with E-state index < -0.39 is 0 Å². The van der Waals surface area contributed by atoms with E-state index >= 15 is 0 Å². The zero-order valence-corrected chi connectivity index (χ0v) is 4.13. The maximum atomic E-state index is 5.16. The number of hydrogen-bond donors (Lipinski definition) is 0. The molecule has 2 radical (unpaired) electrons. The molecule has 2 heteroatoms. The van der Waals surface area contributed by atoms with Gasteiger partial charge in [0.1, 0.15) is 0 Å². The molecule has 0 bridgehead atoms. The van der Waals surface area contributed by atoms with Crippen molar-refractivity contribution in [3.63, 3.8) is 0 Å². The van der Waals surface area contributed by atoms with Crippen LogP contribution in [0.5, 0.6) is 0 Å². The molecule has 0 aromatic rings. The fraction of sp³-hybridized carbons (Fsp3) is 0.333. The molecule has 0 N–H and O–H groups in total. The van der Waals surface area contributed by atoms with Crippen molar-refractivity contribution in [1.29, 1.82) is 0 Å². The molecule has 0 spiro atoms. The van der Waals surface area contributed by atoms with Gasteiger partial charge in [-0.05, 0) is 6.92 Å². The Labute approximate surface area is 42.1 Å². The molecular formula is C3H4Cl2. The smallest absolute Gasteiger partial charge is 0.0677 e. The third-order valence-electron chi connectivity index (χ3n) is 0.137. The Bertz CT molecular complexity index is 18.9. The van der Waals surface area contributed by atoms with Crippen molar-refractivity contribution in [2.75, 3.05) is 0 Å². The largest absolute Gasteiger partial charge is 0.121 e. The van der Waals surface area contributed by atoms with E-state index in [0.717, 1.165) is 0 Å². The topological polar surface area (TPSA) is 0 Å². The second-order valence-electron chi connectivity index (χ2n) is 0.642. The first-order valence-corrected chi connectivity index (χ1v) is 2.05. The second kappa shape index (κ2) is 2.80. The van der Waals surface area contributed by atoms with E-state index in [4.69, 9.17) is 23.2 Å². The van der Waals surface area contributed by atoms with Gasteiger partial charge in [-0.25, -0.2) is 0 Å². The Morgan fingerprint density at radius 3 is 2.00 bits per heavy atom. The van der Waals surface area contributed by atoms with Crippen molar-refractivity contribution in [3.8, 4) is 0 Å². The van der Waals surface area contributed by atoms with Crippen LogP contribution < -0.4 is 0 Å². The van der Waals surface area contributed by atoms with Crippen LogP contribution >= 0.6 is 23.2 Å². The highest BCUT2D eigenvalue weighted by Gasteiger charge is 1.86. The predicted octanol–water partition coefficient (Wildman–Crippen LogP) is 1.83. The van der Waals surface area contributed by atoms with Crippen LogP contribution in [0.15, 0.2) is 0 Å². The Morgan fingerprint density at radius 1 is 1.80 bits per heavy atom. The first kappa shape index (κ1) is 5.58. The van der Waals surface area contributed by atoms with E-state index in [1.807, 2.05) is 0 Å². The normalized spacial score (nSPS) is 15.0. The molecule has 5 heavy (non-hydrogen) atoms. The molecule has 0 aliphatic rings. The molecule has 0 aliphatic carbocycles. The molecule has 0 saturated carbocycles. The summed E-state index contributed by atoms with van der Waals surface area (Å²) in [4.78, 5) is 0. The monoisotopic (exact) mass is 110 g/mol. The van der Waals surface area contributed by atoms with Crippen molar-refractivity contribution in [3.05, 3.63) is 12.8 Å². The molecule has 0 fully saturated rings. The predicted molar refractivity (Wildman–Crippen MR) is 25.2 cm³/mol. The molecule has 0 aliphatic heterocycles. The fourth-order valence-corrected chi connectivity index (χ4v) is 0. The summed E-state index contributed by atoms with van der Waals surface area (Å²) in [5.41, 5.74) is 0. The summed E-state index contributed by atoms with van der Waals surface area (Å²) in [5.74, 6) is 1.29. The summed E-state index contributed by atoms with van der Waals surface area (Å²) >= 11 is 10.2. The molecule has 0 heterocycles. The van der Waals surface area contributed by atoms with Crippen LogP contribution in [-0.4, -0.2) is 5.38 Å². The van der Waals surface area contributed by atoms with Gasteiger partial charge in [0, 0.05) is 0 Å². The average molecular weight is 111 g/mol. The zero-order valence-electron chi connectivity index (χ0n) is 2.62. The molecular weight excluding hydrogens is 107 g/mol. The van der Waals surface area contributed by atoms with E-state index in [0.29, 0.717) is 0 Å². The van der Waals surface area contributed by atoms with Crippen molar-refractivity contribution in [2.24, 2.45) is 0 Å². The quantitative estimate of drug-likeness (QED) is 0.452. The molecule has 0 aromatic carbocycles. The number of halogens is 2. The van der Waals surface area contributed by atoms with Crippen molar-refractivity contribution >= 4 is 23.2 Å². The first-order valence-electron chi connectivity index (χ1n) is 1.18. The zero-order chi connectivity index (χ0) is 4.28. The summed E-state index contributed by atoms with van der Waals surface area (Å²) in [6, 6.07) is 0. The van der Waals surface area contributed by atoms with Crippen LogP contribution in [0, 0.1) is 12.8 Å². The molecule has 0 amide bonds. The molecule has 30 valence electrons. The summed E-state index contributed by atoms with van der Waals surface area (Å²) < 4.78 is 0. The third-order valence-corrected chi connectivity index (χ3v) is 0.696. The Balaban J connectivity index is 2.54. The van der Waals surface area contributed by atoms with Gasteiger partial charge in [-0.2, -0.15) is 0 Å². The highest BCUT2D eigenvalue weighted by molar-refractivity contribution is 6.32. The van der Waals surface area contributed by atoms with Crippen LogP contribution in [0.2, 0.25) is 0 Å². The summed E-state index contributed by atoms with van der Waals surface area (Å²) in [6.45, 7) is 3.33. The van der Waals surface area contributed by atoms with E-state index in [1.54, 1.807) is 0 Å². The van der Waals surface area contributed by atoms with Crippen LogP contribution in [0.1, 0.15) is 0 Å². The lowest BCUT2D eigenvalue weighted by atomic mass is 10.6. The van der Waals surface area contributed by atoms with Gasteiger partial charge in [-0.3, -0.25) is 0 Å². The molecule has 0 rings (SSSR count). The first-order chi connectivity index (χ1) is 2.27. The molecule has 0 nitrogen and oxygen atoms in total. The standard InChI is InChI=1S/C3H4Cl2/c1-3(5)2-4/h2-3H,1H2. The Morgan fingerprint density at radius 2 is 2.00 bits per heavy atom. The molecule has 0 saturated heterocycles. The maximum Gasteiger partial charge on any atom is 0.0677 e. The molecule has 1 atom stereocenters. The van der Waals surface area contributed by atoms with E-state index in [9.17, 15) is 0 Å². The van der Waals surface area contributed by atoms with E-state index in [-0.39, 0.29) is 5.38 Å². The summed E-state index contributed by atoms with van der Waals surface area (Å²) in [6.07, 6.45) is 0. The number of alkyl halides is 1. The lowest BCUT2D eigenvalue weighted by Crippen LogP contribution is -1.81. The van der Waals surface area contributed by atoms with Gasteiger partial charge >= 0.3 is 0 Å². The van der Waals surface area contributed by atoms with E-state index in [1.165, 1.54) is 5.88 Å². The second-order valence-corrected chi connectivity index (χ2v) is 1.45. The highest BCUT2D eigenvalue weighted by Crippen LogP contribution is 1.98. The van der Waals surface area contributed by atoms with Gasteiger partial charge in [0.25, 0.3) is 0 Å². The lowest BCUT2D eigenvalue weighted by molar-refractivity contribution is 1.37. The van der Waals surface area contributed by atoms with Gasteiger partial charge in [0.2, 0.25) is 0 Å². The third kappa shape index (κ3) is 4.58.